The topological polar surface area (TPSA) is 84.9 Å². The SMILES string of the molecule is Cc1ccc(NC(=O)C2CCN(S(=O)(=O)c3ccc4c(c3)CCC4)CC2)c(OCC2CCCO2)c1. The fourth-order valence-corrected chi connectivity index (χ4v) is 6.78. The minimum absolute atomic E-state index is 0.0922. The number of rotatable bonds is 7. The summed E-state index contributed by atoms with van der Waals surface area (Å²) in [7, 11) is -3.55. The molecule has 0 bridgehead atoms. The molecule has 188 valence electrons. The van der Waals surface area contributed by atoms with Crippen molar-refractivity contribution in [3.8, 4) is 5.75 Å². The molecule has 0 saturated carbocycles. The first kappa shape index (κ1) is 24.3. The maximum Gasteiger partial charge on any atom is 0.243 e. The van der Waals surface area contributed by atoms with Crippen LogP contribution in [0.4, 0.5) is 5.69 Å². The summed E-state index contributed by atoms with van der Waals surface area (Å²) in [5, 5.41) is 3.02. The van der Waals surface area contributed by atoms with Gasteiger partial charge in [-0.15, -0.1) is 0 Å². The van der Waals surface area contributed by atoms with Crippen LogP contribution >= 0.6 is 0 Å². The van der Waals surface area contributed by atoms with Crippen molar-refractivity contribution in [3.05, 3.63) is 53.1 Å². The molecule has 1 amide bonds. The van der Waals surface area contributed by atoms with Crippen molar-refractivity contribution in [2.45, 2.75) is 62.9 Å². The first-order valence-electron chi connectivity index (χ1n) is 12.7. The van der Waals surface area contributed by atoms with Gasteiger partial charge in [0.2, 0.25) is 15.9 Å². The number of hydrogen-bond acceptors (Lipinski definition) is 5. The molecule has 2 aliphatic heterocycles. The van der Waals surface area contributed by atoms with E-state index in [0.29, 0.717) is 48.9 Å². The molecule has 2 fully saturated rings. The van der Waals surface area contributed by atoms with E-state index in [2.05, 4.69) is 5.32 Å². The van der Waals surface area contributed by atoms with E-state index in [9.17, 15) is 13.2 Å². The summed E-state index contributed by atoms with van der Waals surface area (Å²) in [6, 6.07) is 11.3. The van der Waals surface area contributed by atoms with Crippen molar-refractivity contribution in [1.82, 2.24) is 4.31 Å². The lowest BCUT2D eigenvalue weighted by atomic mass is 9.97. The molecule has 1 atom stereocenters. The van der Waals surface area contributed by atoms with E-state index in [-0.39, 0.29) is 17.9 Å². The smallest absolute Gasteiger partial charge is 0.243 e. The zero-order valence-corrected chi connectivity index (χ0v) is 21.1. The zero-order chi connectivity index (χ0) is 24.4. The highest BCUT2D eigenvalue weighted by atomic mass is 32.2. The third kappa shape index (κ3) is 5.39. The summed E-state index contributed by atoms with van der Waals surface area (Å²) in [6.45, 7) is 3.90. The van der Waals surface area contributed by atoms with Crippen LogP contribution in [-0.4, -0.2) is 51.0 Å². The number of fused-ring (bicyclic) bond motifs is 1. The minimum Gasteiger partial charge on any atom is -0.489 e. The summed E-state index contributed by atoms with van der Waals surface area (Å²) in [5.41, 5.74) is 4.10. The van der Waals surface area contributed by atoms with Gasteiger partial charge in [-0.2, -0.15) is 4.31 Å². The molecule has 0 aromatic heterocycles. The Kier molecular flexibility index (Phi) is 7.14. The van der Waals surface area contributed by atoms with Crippen molar-refractivity contribution >= 4 is 21.6 Å². The van der Waals surface area contributed by atoms with E-state index in [1.165, 1.54) is 9.87 Å². The standard InChI is InChI=1S/C27H34N2O5S/c1-19-7-10-25(26(16-19)34-18-23-6-3-15-33-23)28-27(30)21-11-13-29(14-12-21)35(31,32)24-9-8-20-4-2-5-22(20)17-24/h7-10,16-17,21,23H,2-6,11-15,18H2,1H3,(H,28,30). The molecule has 1 unspecified atom stereocenters. The minimum atomic E-state index is -3.55. The van der Waals surface area contributed by atoms with Gasteiger partial charge >= 0.3 is 0 Å². The van der Waals surface area contributed by atoms with E-state index in [1.54, 1.807) is 6.07 Å². The Morgan fingerprint density at radius 3 is 2.63 bits per heavy atom. The number of nitrogens with one attached hydrogen (secondary N) is 1. The number of benzene rings is 2. The average Bonchev–Trinajstić information content (AvgIpc) is 3.55. The Hall–Kier alpha value is -2.42. The quantitative estimate of drug-likeness (QED) is 0.622. The zero-order valence-electron chi connectivity index (χ0n) is 20.3. The molecular formula is C27H34N2O5S. The van der Waals surface area contributed by atoms with E-state index in [1.807, 2.05) is 37.3 Å². The molecule has 2 aromatic carbocycles. The second-order valence-corrected chi connectivity index (χ2v) is 11.8. The van der Waals surface area contributed by atoms with Gasteiger partial charge in [0.1, 0.15) is 12.4 Å². The molecule has 3 aliphatic rings. The fraction of sp³-hybridized carbons (Fsp3) is 0.519. The van der Waals surface area contributed by atoms with Crippen molar-refractivity contribution in [1.29, 1.82) is 0 Å². The van der Waals surface area contributed by atoms with Gasteiger partial charge < -0.3 is 14.8 Å². The van der Waals surface area contributed by atoms with Crippen molar-refractivity contribution in [2.75, 3.05) is 31.6 Å². The number of ether oxygens (including phenoxy) is 2. The fourth-order valence-electron chi connectivity index (χ4n) is 5.26. The van der Waals surface area contributed by atoms with Crippen LogP contribution in [0.15, 0.2) is 41.3 Å². The Labute approximate surface area is 207 Å². The third-order valence-corrected chi connectivity index (χ3v) is 9.27. The van der Waals surface area contributed by atoms with Crippen LogP contribution in [0.25, 0.3) is 0 Å². The number of sulfonamides is 1. The van der Waals surface area contributed by atoms with Gasteiger partial charge in [-0.25, -0.2) is 8.42 Å². The van der Waals surface area contributed by atoms with Gasteiger partial charge in [0, 0.05) is 25.6 Å². The third-order valence-electron chi connectivity index (χ3n) is 7.38. The summed E-state index contributed by atoms with van der Waals surface area (Å²) >= 11 is 0. The summed E-state index contributed by atoms with van der Waals surface area (Å²) in [6.07, 6.45) is 6.17. The largest absolute Gasteiger partial charge is 0.489 e. The molecule has 0 spiro atoms. The van der Waals surface area contributed by atoms with Crippen LogP contribution in [0, 0.1) is 12.8 Å². The van der Waals surface area contributed by atoms with Crippen LogP contribution in [0.1, 0.15) is 48.8 Å². The lowest BCUT2D eigenvalue weighted by Crippen LogP contribution is -2.41. The number of hydrogen-bond donors (Lipinski definition) is 1. The predicted octanol–water partition coefficient (Wildman–Crippen LogP) is 4.08. The number of nitrogens with zero attached hydrogens (tertiary/aromatic N) is 1. The molecule has 1 N–H and O–H groups in total. The summed E-state index contributed by atoms with van der Waals surface area (Å²) < 4.78 is 39.6. The summed E-state index contributed by atoms with van der Waals surface area (Å²) in [4.78, 5) is 13.4. The highest BCUT2D eigenvalue weighted by Gasteiger charge is 2.33. The van der Waals surface area contributed by atoms with Gasteiger partial charge in [0.15, 0.2) is 0 Å². The Balaban J connectivity index is 1.19. The molecule has 5 rings (SSSR count). The molecule has 0 radical (unpaired) electrons. The van der Waals surface area contributed by atoms with Crippen LogP contribution in [0.2, 0.25) is 0 Å². The first-order valence-corrected chi connectivity index (χ1v) is 14.1. The van der Waals surface area contributed by atoms with Crippen LogP contribution < -0.4 is 10.1 Å². The molecule has 7 nitrogen and oxygen atoms in total. The van der Waals surface area contributed by atoms with E-state index >= 15 is 0 Å². The highest BCUT2D eigenvalue weighted by molar-refractivity contribution is 7.89. The number of amides is 1. The lowest BCUT2D eigenvalue weighted by Gasteiger charge is -2.30. The van der Waals surface area contributed by atoms with Gasteiger partial charge in [-0.05, 0) is 92.8 Å². The number of carbonyl (C=O) groups excluding carboxylic acids is 1. The second kappa shape index (κ2) is 10.3. The van der Waals surface area contributed by atoms with Gasteiger partial charge in [-0.1, -0.05) is 12.1 Å². The van der Waals surface area contributed by atoms with Gasteiger partial charge in [0.05, 0.1) is 16.7 Å². The second-order valence-electron chi connectivity index (χ2n) is 9.90. The highest BCUT2D eigenvalue weighted by Crippen LogP contribution is 2.31. The number of aryl methyl sites for hydroxylation is 3. The summed E-state index contributed by atoms with van der Waals surface area (Å²) in [5.74, 6) is 0.310. The van der Waals surface area contributed by atoms with Crippen molar-refractivity contribution in [2.24, 2.45) is 5.92 Å². The number of carbonyl (C=O) groups is 1. The Morgan fingerprint density at radius 1 is 1.06 bits per heavy atom. The van der Waals surface area contributed by atoms with E-state index in [0.717, 1.165) is 49.8 Å². The Bertz CT molecular complexity index is 1180. The predicted molar refractivity (Wildman–Crippen MR) is 134 cm³/mol. The molecule has 1 aliphatic carbocycles. The molecule has 35 heavy (non-hydrogen) atoms. The van der Waals surface area contributed by atoms with Crippen LogP contribution in [0.5, 0.6) is 5.75 Å². The van der Waals surface area contributed by atoms with Crippen molar-refractivity contribution in [3.63, 3.8) is 0 Å². The van der Waals surface area contributed by atoms with Crippen molar-refractivity contribution < 1.29 is 22.7 Å². The van der Waals surface area contributed by atoms with Gasteiger partial charge in [-0.3, -0.25) is 4.79 Å². The van der Waals surface area contributed by atoms with E-state index < -0.39 is 10.0 Å². The van der Waals surface area contributed by atoms with E-state index in [4.69, 9.17) is 9.47 Å². The number of piperidine rings is 1. The maximum atomic E-state index is 13.2. The average molecular weight is 499 g/mol. The van der Waals surface area contributed by atoms with Gasteiger partial charge in [0.25, 0.3) is 0 Å². The maximum absolute atomic E-state index is 13.2. The van der Waals surface area contributed by atoms with Crippen LogP contribution in [0.3, 0.4) is 0 Å². The van der Waals surface area contributed by atoms with Crippen LogP contribution in [-0.2, 0) is 32.4 Å². The first-order chi connectivity index (χ1) is 16.9. The number of anilines is 1. The lowest BCUT2D eigenvalue weighted by molar-refractivity contribution is -0.120. The molecule has 2 saturated heterocycles. The molecular weight excluding hydrogens is 464 g/mol. The molecule has 2 heterocycles. The molecule has 8 heteroatoms. The molecule has 2 aromatic rings. The normalized spacial score (nSPS) is 21.1. The Morgan fingerprint density at radius 2 is 1.86 bits per heavy atom. The monoisotopic (exact) mass is 498 g/mol.